The standard InChI is InChI=1S/C17H24N4/c1-11(2)8-19-10-16-13(4)20-17(21-14(16)5)15-9-18-7-6-12(15)3/h6-7,9,11,19H,8,10H2,1-5H3. The molecule has 4 heteroatoms. The van der Waals surface area contributed by atoms with Crippen LogP contribution in [0.15, 0.2) is 18.5 Å². The van der Waals surface area contributed by atoms with E-state index < -0.39 is 0 Å². The van der Waals surface area contributed by atoms with Crippen LogP contribution >= 0.6 is 0 Å². The van der Waals surface area contributed by atoms with Gasteiger partial charge in [-0.2, -0.15) is 0 Å². The first kappa shape index (κ1) is 15.6. The highest BCUT2D eigenvalue weighted by atomic mass is 14.9. The predicted octanol–water partition coefficient (Wildman–Crippen LogP) is 3.21. The van der Waals surface area contributed by atoms with Crippen LogP contribution in [0, 0.1) is 26.7 Å². The Morgan fingerprint density at radius 3 is 2.33 bits per heavy atom. The molecule has 0 fully saturated rings. The largest absolute Gasteiger partial charge is 0.312 e. The van der Waals surface area contributed by atoms with Crippen LogP contribution in [0.5, 0.6) is 0 Å². The molecule has 0 aliphatic carbocycles. The van der Waals surface area contributed by atoms with Crippen molar-refractivity contribution in [2.24, 2.45) is 5.92 Å². The van der Waals surface area contributed by atoms with Crippen LogP contribution in [0.2, 0.25) is 0 Å². The Labute approximate surface area is 127 Å². The van der Waals surface area contributed by atoms with Gasteiger partial charge in [0.25, 0.3) is 0 Å². The van der Waals surface area contributed by atoms with E-state index in [9.17, 15) is 0 Å². The molecule has 0 aromatic carbocycles. The van der Waals surface area contributed by atoms with Crippen LogP contribution in [-0.4, -0.2) is 21.5 Å². The van der Waals surface area contributed by atoms with Crippen LogP contribution in [0.1, 0.15) is 36.4 Å². The maximum absolute atomic E-state index is 4.67. The molecule has 0 spiro atoms. The molecule has 0 radical (unpaired) electrons. The molecule has 0 unspecified atom stereocenters. The third-order valence-corrected chi connectivity index (χ3v) is 3.56. The summed E-state index contributed by atoms with van der Waals surface area (Å²) < 4.78 is 0. The lowest BCUT2D eigenvalue weighted by Gasteiger charge is -2.13. The Hall–Kier alpha value is -1.81. The van der Waals surface area contributed by atoms with E-state index in [0.29, 0.717) is 5.92 Å². The van der Waals surface area contributed by atoms with Gasteiger partial charge in [-0.1, -0.05) is 13.8 Å². The highest BCUT2D eigenvalue weighted by molar-refractivity contribution is 5.58. The summed E-state index contributed by atoms with van der Waals surface area (Å²) in [5.74, 6) is 1.41. The van der Waals surface area contributed by atoms with Crippen molar-refractivity contribution in [2.75, 3.05) is 6.54 Å². The zero-order valence-corrected chi connectivity index (χ0v) is 13.6. The molecular formula is C17H24N4. The third kappa shape index (κ3) is 3.85. The molecule has 0 saturated carbocycles. The molecule has 0 bridgehead atoms. The minimum Gasteiger partial charge on any atom is -0.312 e. The number of nitrogens with one attached hydrogen (secondary N) is 1. The van der Waals surface area contributed by atoms with Crippen molar-refractivity contribution in [3.05, 3.63) is 41.0 Å². The fourth-order valence-corrected chi connectivity index (χ4v) is 2.30. The molecule has 2 heterocycles. The fraction of sp³-hybridized carbons (Fsp3) is 0.471. The van der Waals surface area contributed by atoms with Crippen molar-refractivity contribution in [3.63, 3.8) is 0 Å². The lowest BCUT2D eigenvalue weighted by molar-refractivity contribution is 0.549. The molecule has 4 nitrogen and oxygen atoms in total. The first-order valence-corrected chi connectivity index (χ1v) is 7.45. The number of rotatable bonds is 5. The summed E-state index contributed by atoms with van der Waals surface area (Å²) in [5, 5.41) is 3.46. The van der Waals surface area contributed by atoms with Crippen LogP contribution < -0.4 is 5.32 Å². The van der Waals surface area contributed by atoms with E-state index >= 15 is 0 Å². The summed E-state index contributed by atoms with van der Waals surface area (Å²) in [6.45, 7) is 12.4. The van der Waals surface area contributed by atoms with Crippen molar-refractivity contribution in [2.45, 2.75) is 41.2 Å². The van der Waals surface area contributed by atoms with Gasteiger partial charge in [0.2, 0.25) is 0 Å². The van der Waals surface area contributed by atoms with Crippen molar-refractivity contribution >= 4 is 0 Å². The monoisotopic (exact) mass is 284 g/mol. The van der Waals surface area contributed by atoms with E-state index in [0.717, 1.165) is 41.4 Å². The quantitative estimate of drug-likeness (QED) is 0.916. The molecule has 112 valence electrons. The average molecular weight is 284 g/mol. The minimum atomic E-state index is 0.642. The number of aryl methyl sites for hydroxylation is 3. The molecule has 0 saturated heterocycles. The molecule has 2 rings (SSSR count). The summed E-state index contributed by atoms with van der Waals surface area (Å²) >= 11 is 0. The maximum Gasteiger partial charge on any atom is 0.161 e. The number of hydrogen-bond acceptors (Lipinski definition) is 4. The molecule has 2 aromatic heterocycles. The SMILES string of the molecule is Cc1ccncc1-c1nc(C)c(CNCC(C)C)c(C)n1. The zero-order valence-electron chi connectivity index (χ0n) is 13.6. The van der Waals surface area contributed by atoms with Gasteiger partial charge in [-0.25, -0.2) is 9.97 Å². The molecule has 0 amide bonds. The summed E-state index contributed by atoms with van der Waals surface area (Å²) in [6.07, 6.45) is 3.63. The highest BCUT2D eigenvalue weighted by Crippen LogP contribution is 2.21. The van der Waals surface area contributed by atoms with Crippen molar-refractivity contribution in [1.82, 2.24) is 20.3 Å². The topological polar surface area (TPSA) is 50.7 Å². The van der Waals surface area contributed by atoms with Gasteiger partial charge >= 0.3 is 0 Å². The average Bonchev–Trinajstić information content (AvgIpc) is 2.42. The van der Waals surface area contributed by atoms with E-state index in [2.05, 4.69) is 54.9 Å². The van der Waals surface area contributed by atoms with Gasteiger partial charge in [0.05, 0.1) is 0 Å². The van der Waals surface area contributed by atoms with Gasteiger partial charge < -0.3 is 5.32 Å². The molecule has 0 aliphatic rings. The normalized spacial score (nSPS) is 11.1. The number of pyridine rings is 1. The Morgan fingerprint density at radius 2 is 1.76 bits per heavy atom. The highest BCUT2D eigenvalue weighted by Gasteiger charge is 2.11. The molecule has 0 aliphatic heterocycles. The molecular weight excluding hydrogens is 260 g/mol. The first-order valence-electron chi connectivity index (χ1n) is 7.45. The number of aromatic nitrogens is 3. The van der Waals surface area contributed by atoms with Crippen molar-refractivity contribution in [3.8, 4) is 11.4 Å². The summed E-state index contributed by atoms with van der Waals surface area (Å²) in [6, 6.07) is 1.99. The van der Waals surface area contributed by atoms with Gasteiger partial charge in [0, 0.05) is 41.5 Å². The molecule has 2 aromatic rings. The summed E-state index contributed by atoms with van der Waals surface area (Å²) in [7, 11) is 0. The predicted molar refractivity (Wildman–Crippen MR) is 86.0 cm³/mol. The Balaban J connectivity index is 2.27. The second-order valence-corrected chi connectivity index (χ2v) is 5.91. The molecule has 1 N–H and O–H groups in total. The van der Waals surface area contributed by atoms with E-state index in [1.807, 2.05) is 12.3 Å². The molecule has 0 atom stereocenters. The minimum absolute atomic E-state index is 0.642. The summed E-state index contributed by atoms with van der Waals surface area (Å²) in [5.41, 5.74) is 5.43. The Morgan fingerprint density at radius 1 is 1.10 bits per heavy atom. The Bertz CT molecular complexity index is 597. The van der Waals surface area contributed by atoms with Crippen LogP contribution in [0.4, 0.5) is 0 Å². The number of nitrogens with zero attached hydrogens (tertiary/aromatic N) is 3. The second-order valence-electron chi connectivity index (χ2n) is 5.91. The van der Waals surface area contributed by atoms with Gasteiger partial charge in [0.1, 0.15) is 0 Å². The van der Waals surface area contributed by atoms with Gasteiger partial charge in [-0.15, -0.1) is 0 Å². The lowest BCUT2D eigenvalue weighted by atomic mass is 10.1. The van der Waals surface area contributed by atoms with Crippen molar-refractivity contribution in [1.29, 1.82) is 0 Å². The van der Waals surface area contributed by atoms with Gasteiger partial charge in [-0.3, -0.25) is 4.98 Å². The van der Waals surface area contributed by atoms with Crippen LogP contribution in [-0.2, 0) is 6.54 Å². The van der Waals surface area contributed by atoms with Gasteiger partial charge in [0.15, 0.2) is 5.82 Å². The van der Waals surface area contributed by atoms with Crippen molar-refractivity contribution < 1.29 is 0 Å². The summed E-state index contributed by atoms with van der Waals surface area (Å²) in [4.78, 5) is 13.5. The fourth-order valence-electron chi connectivity index (χ4n) is 2.30. The second kappa shape index (κ2) is 6.76. The van der Waals surface area contributed by atoms with Crippen LogP contribution in [0.3, 0.4) is 0 Å². The molecule has 21 heavy (non-hydrogen) atoms. The van der Waals surface area contributed by atoms with E-state index in [1.54, 1.807) is 6.20 Å². The number of hydrogen-bond donors (Lipinski definition) is 1. The van der Waals surface area contributed by atoms with E-state index in [4.69, 9.17) is 0 Å². The lowest BCUT2D eigenvalue weighted by Crippen LogP contribution is -2.21. The van der Waals surface area contributed by atoms with Crippen LogP contribution in [0.25, 0.3) is 11.4 Å². The zero-order chi connectivity index (χ0) is 15.4. The third-order valence-electron chi connectivity index (χ3n) is 3.56. The smallest absolute Gasteiger partial charge is 0.161 e. The van der Waals surface area contributed by atoms with Gasteiger partial charge in [-0.05, 0) is 44.9 Å². The maximum atomic E-state index is 4.67. The first-order chi connectivity index (χ1) is 9.99. The van der Waals surface area contributed by atoms with E-state index in [-0.39, 0.29) is 0 Å². The van der Waals surface area contributed by atoms with E-state index in [1.165, 1.54) is 5.56 Å². The Kier molecular flexibility index (Phi) is 5.02.